The van der Waals surface area contributed by atoms with Crippen LogP contribution in [0.25, 0.3) is 11.3 Å². The van der Waals surface area contributed by atoms with Gasteiger partial charge >= 0.3 is 0 Å². The zero-order chi connectivity index (χ0) is 18.0. The molecule has 1 amide bonds. The summed E-state index contributed by atoms with van der Waals surface area (Å²) in [5.41, 5.74) is 2.74. The summed E-state index contributed by atoms with van der Waals surface area (Å²) >= 11 is 1.36. The van der Waals surface area contributed by atoms with Crippen molar-refractivity contribution in [1.82, 2.24) is 4.98 Å². The fraction of sp³-hybridized carbons (Fsp3) is 0.158. The van der Waals surface area contributed by atoms with Crippen molar-refractivity contribution < 1.29 is 13.9 Å². The molecule has 0 fully saturated rings. The standard InChI is InChI=1S/C19H17FN2O2S/c1-11-10-13(8-9-16(11)24-3)17-12(2)25-19(21-17)22-18(23)14-6-4-5-7-15(14)20/h4-10H,1-3H3,(H,21,22,23). The molecule has 1 N–H and O–H groups in total. The number of hydrogen-bond donors (Lipinski definition) is 1. The van der Waals surface area contributed by atoms with Gasteiger partial charge in [0, 0.05) is 10.4 Å². The van der Waals surface area contributed by atoms with Crippen LogP contribution in [0.1, 0.15) is 20.8 Å². The van der Waals surface area contributed by atoms with E-state index >= 15 is 0 Å². The van der Waals surface area contributed by atoms with Gasteiger partial charge in [-0.1, -0.05) is 12.1 Å². The molecule has 0 bridgehead atoms. The van der Waals surface area contributed by atoms with Gasteiger partial charge in [0.15, 0.2) is 5.13 Å². The van der Waals surface area contributed by atoms with Gasteiger partial charge in [0.05, 0.1) is 18.4 Å². The van der Waals surface area contributed by atoms with Gasteiger partial charge < -0.3 is 4.74 Å². The molecule has 4 nitrogen and oxygen atoms in total. The van der Waals surface area contributed by atoms with E-state index in [4.69, 9.17) is 4.74 Å². The third kappa shape index (κ3) is 3.53. The third-order valence-electron chi connectivity index (χ3n) is 3.80. The summed E-state index contributed by atoms with van der Waals surface area (Å²) in [4.78, 5) is 17.7. The molecule has 2 aromatic carbocycles. The van der Waals surface area contributed by atoms with Gasteiger partial charge in [0.1, 0.15) is 11.6 Å². The molecule has 0 unspecified atom stereocenters. The second-order valence-electron chi connectivity index (χ2n) is 5.54. The van der Waals surface area contributed by atoms with E-state index in [0.717, 1.165) is 27.4 Å². The minimum Gasteiger partial charge on any atom is -0.496 e. The predicted molar refractivity (Wildman–Crippen MR) is 97.9 cm³/mol. The molecule has 0 saturated heterocycles. The van der Waals surface area contributed by atoms with Crippen LogP contribution in [0, 0.1) is 19.7 Å². The maximum Gasteiger partial charge on any atom is 0.260 e. The van der Waals surface area contributed by atoms with Crippen LogP contribution in [-0.4, -0.2) is 18.0 Å². The monoisotopic (exact) mass is 356 g/mol. The summed E-state index contributed by atoms with van der Waals surface area (Å²) in [6.45, 7) is 3.90. The minimum absolute atomic E-state index is 0.00260. The number of anilines is 1. The molecule has 0 aliphatic carbocycles. The van der Waals surface area contributed by atoms with Gasteiger partial charge in [-0.15, -0.1) is 11.3 Å². The van der Waals surface area contributed by atoms with E-state index in [1.165, 1.54) is 23.5 Å². The van der Waals surface area contributed by atoms with E-state index in [0.29, 0.717) is 5.13 Å². The topological polar surface area (TPSA) is 51.2 Å². The average Bonchev–Trinajstić information content (AvgIpc) is 2.95. The number of carbonyl (C=O) groups excluding carboxylic acids is 1. The largest absolute Gasteiger partial charge is 0.496 e. The summed E-state index contributed by atoms with van der Waals surface area (Å²) in [5.74, 6) is -0.256. The number of halogens is 1. The highest BCUT2D eigenvalue weighted by Crippen LogP contribution is 2.33. The Morgan fingerprint density at radius 1 is 1.20 bits per heavy atom. The maximum atomic E-state index is 13.7. The number of hydrogen-bond acceptors (Lipinski definition) is 4. The van der Waals surface area contributed by atoms with Crippen LogP contribution in [0.4, 0.5) is 9.52 Å². The van der Waals surface area contributed by atoms with Crippen LogP contribution in [0.3, 0.4) is 0 Å². The summed E-state index contributed by atoms with van der Waals surface area (Å²) in [5, 5.41) is 3.11. The van der Waals surface area contributed by atoms with E-state index < -0.39 is 11.7 Å². The van der Waals surface area contributed by atoms with Gasteiger partial charge in [0.25, 0.3) is 5.91 Å². The molecule has 0 radical (unpaired) electrons. The zero-order valence-corrected chi connectivity index (χ0v) is 14.9. The summed E-state index contributed by atoms with van der Waals surface area (Å²) in [6, 6.07) is 11.7. The molecular weight excluding hydrogens is 339 g/mol. The minimum atomic E-state index is -0.556. The second kappa shape index (κ2) is 7.03. The van der Waals surface area contributed by atoms with Crippen LogP contribution >= 0.6 is 11.3 Å². The number of methoxy groups -OCH3 is 1. The number of nitrogens with one attached hydrogen (secondary N) is 1. The third-order valence-corrected chi connectivity index (χ3v) is 4.69. The first kappa shape index (κ1) is 17.1. The number of amides is 1. The van der Waals surface area contributed by atoms with Crippen LogP contribution in [0.2, 0.25) is 0 Å². The fourth-order valence-electron chi connectivity index (χ4n) is 2.55. The van der Waals surface area contributed by atoms with Gasteiger partial charge in [-0.3, -0.25) is 10.1 Å². The van der Waals surface area contributed by atoms with Crippen molar-refractivity contribution in [3.63, 3.8) is 0 Å². The molecule has 128 valence electrons. The molecule has 0 saturated carbocycles. The molecule has 1 heterocycles. The van der Waals surface area contributed by atoms with Crippen LogP contribution in [-0.2, 0) is 0 Å². The Kier molecular flexibility index (Phi) is 4.81. The number of benzene rings is 2. The first-order chi connectivity index (χ1) is 12.0. The predicted octanol–water partition coefficient (Wildman–Crippen LogP) is 4.83. The molecule has 3 aromatic rings. The van der Waals surface area contributed by atoms with Crippen molar-refractivity contribution in [3.8, 4) is 17.0 Å². The van der Waals surface area contributed by atoms with Crippen molar-refractivity contribution in [3.05, 3.63) is 64.3 Å². The van der Waals surface area contributed by atoms with Crippen molar-refractivity contribution in [2.24, 2.45) is 0 Å². The van der Waals surface area contributed by atoms with E-state index in [1.54, 1.807) is 19.2 Å². The molecule has 25 heavy (non-hydrogen) atoms. The van der Waals surface area contributed by atoms with E-state index in [2.05, 4.69) is 10.3 Å². The Hall–Kier alpha value is -2.73. The number of carbonyl (C=O) groups is 1. The lowest BCUT2D eigenvalue weighted by atomic mass is 10.1. The summed E-state index contributed by atoms with van der Waals surface area (Å²) in [7, 11) is 1.63. The summed E-state index contributed by atoms with van der Waals surface area (Å²) < 4.78 is 19.0. The summed E-state index contributed by atoms with van der Waals surface area (Å²) in [6.07, 6.45) is 0. The zero-order valence-electron chi connectivity index (χ0n) is 14.1. The van der Waals surface area contributed by atoms with E-state index in [9.17, 15) is 9.18 Å². The molecular formula is C19H17FN2O2S. The fourth-order valence-corrected chi connectivity index (χ4v) is 3.38. The Morgan fingerprint density at radius 2 is 1.96 bits per heavy atom. The van der Waals surface area contributed by atoms with Crippen molar-refractivity contribution >= 4 is 22.4 Å². The van der Waals surface area contributed by atoms with Crippen molar-refractivity contribution in [2.45, 2.75) is 13.8 Å². The average molecular weight is 356 g/mol. The van der Waals surface area contributed by atoms with Gasteiger partial charge in [-0.25, -0.2) is 9.37 Å². The van der Waals surface area contributed by atoms with Crippen LogP contribution < -0.4 is 10.1 Å². The van der Waals surface area contributed by atoms with Crippen LogP contribution in [0.5, 0.6) is 5.75 Å². The Bertz CT molecular complexity index is 937. The second-order valence-corrected chi connectivity index (χ2v) is 6.75. The lowest BCUT2D eigenvalue weighted by Crippen LogP contribution is -2.13. The number of ether oxygens (including phenoxy) is 1. The number of aromatic nitrogens is 1. The molecule has 6 heteroatoms. The lowest BCUT2D eigenvalue weighted by Gasteiger charge is -2.06. The molecule has 3 rings (SSSR count). The van der Waals surface area contributed by atoms with E-state index in [-0.39, 0.29) is 5.56 Å². The van der Waals surface area contributed by atoms with Gasteiger partial charge in [-0.2, -0.15) is 0 Å². The Balaban J connectivity index is 1.87. The normalized spacial score (nSPS) is 10.6. The van der Waals surface area contributed by atoms with Gasteiger partial charge in [-0.05, 0) is 49.7 Å². The molecule has 0 atom stereocenters. The Morgan fingerprint density at radius 3 is 2.64 bits per heavy atom. The number of thiazole rings is 1. The van der Waals surface area contributed by atoms with Crippen molar-refractivity contribution in [2.75, 3.05) is 12.4 Å². The maximum absolute atomic E-state index is 13.7. The highest BCUT2D eigenvalue weighted by molar-refractivity contribution is 7.16. The van der Waals surface area contributed by atoms with Crippen LogP contribution in [0.15, 0.2) is 42.5 Å². The van der Waals surface area contributed by atoms with Gasteiger partial charge in [0.2, 0.25) is 0 Å². The number of rotatable bonds is 4. The highest BCUT2D eigenvalue weighted by atomic mass is 32.1. The van der Waals surface area contributed by atoms with Crippen molar-refractivity contribution in [1.29, 1.82) is 0 Å². The smallest absolute Gasteiger partial charge is 0.260 e. The SMILES string of the molecule is COc1ccc(-c2nc(NC(=O)c3ccccc3F)sc2C)cc1C. The first-order valence-electron chi connectivity index (χ1n) is 7.68. The Labute approximate surface area is 149 Å². The molecule has 0 aliphatic heterocycles. The highest BCUT2D eigenvalue weighted by Gasteiger charge is 2.16. The number of nitrogens with zero attached hydrogens (tertiary/aromatic N) is 1. The quantitative estimate of drug-likeness (QED) is 0.729. The number of aryl methyl sites for hydroxylation is 2. The molecule has 1 aromatic heterocycles. The van der Waals surface area contributed by atoms with E-state index in [1.807, 2.05) is 32.0 Å². The first-order valence-corrected chi connectivity index (χ1v) is 8.49. The molecule has 0 spiro atoms. The lowest BCUT2D eigenvalue weighted by molar-refractivity contribution is 0.102. The molecule has 0 aliphatic rings.